The molecule has 0 aliphatic heterocycles. The van der Waals surface area contributed by atoms with E-state index in [1.54, 1.807) is 116 Å². The van der Waals surface area contributed by atoms with E-state index in [1.165, 1.54) is 6.20 Å². The fourth-order valence-electron chi connectivity index (χ4n) is 10.0. The van der Waals surface area contributed by atoms with Gasteiger partial charge in [0.25, 0.3) is 0 Å². The van der Waals surface area contributed by atoms with Gasteiger partial charge in [0, 0.05) is 169 Å². The molecule has 0 saturated heterocycles. The Morgan fingerprint density at radius 2 is 0.697 bits per heavy atom. The molecule has 0 unspecified atom stereocenters. The van der Waals surface area contributed by atoms with E-state index in [0.717, 1.165) is 110 Å². The second-order valence-electron chi connectivity index (χ2n) is 23.6. The summed E-state index contributed by atoms with van der Waals surface area (Å²) >= 11 is 30.8. The maximum atomic E-state index is 8.78. The van der Waals surface area contributed by atoms with Crippen molar-refractivity contribution in [2.45, 2.75) is 27.2 Å². The second kappa shape index (κ2) is 41.2. The molecule has 0 aliphatic carbocycles. The molecule has 0 bridgehead atoms. The van der Waals surface area contributed by atoms with Crippen molar-refractivity contribution in [3.8, 4) is 74.9 Å². The highest BCUT2D eigenvalue weighted by molar-refractivity contribution is 6.37. The van der Waals surface area contributed by atoms with E-state index >= 15 is 0 Å². The van der Waals surface area contributed by atoms with Gasteiger partial charge in [0.15, 0.2) is 23.3 Å². The molecule has 13 rings (SSSR count). The number of rotatable bonds is 26. The van der Waals surface area contributed by atoms with Gasteiger partial charge in [-0.1, -0.05) is 107 Å². The van der Waals surface area contributed by atoms with Gasteiger partial charge in [-0.15, -0.1) is 0 Å². The highest BCUT2D eigenvalue weighted by Crippen LogP contribution is 2.34. The Balaban J connectivity index is 0.000000155. The van der Waals surface area contributed by atoms with Crippen LogP contribution in [0.2, 0.25) is 25.1 Å². The summed E-state index contributed by atoms with van der Waals surface area (Å²) in [4.78, 5) is 57.0. The third-order valence-corrected chi connectivity index (χ3v) is 17.1. The summed E-state index contributed by atoms with van der Waals surface area (Å²) in [7, 11) is 0. The van der Waals surface area contributed by atoms with Gasteiger partial charge in [0.05, 0.1) is 31.8 Å². The summed E-state index contributed by atoms with van der Waals surface area (Å²) in [6, 6.07) is 54.3. The molecule has 0 radical (unpaired) electrons. The Bertz CT molecular complexity index is 5230. The van der Waals surface area contributed by atoms with Crippen LogP contribution in [0.5, 0.6) is 0 Å². The van der Waals surface area contributed by atoms with Crippen molar-refractivity contribution in [2.24, 2.45) is 0 Å². The predicted molar refractivity (Wildman–Crippen MR) is 436 cm³/mol. The van der Waals surface area contributed by atoms with Crippen molar-refractivity contribution in [1.82, 2.24) is 64.8 Å². The summed E-state index contributed by atoms with van der Waals surface area (Å²) in [5, 5.41) is 55.4. The number of halogens is 5. The van der Waals surface area contributed by atoms with Crippen LogP contribution in [-0.2, 0) is 0 Å². The standard InChI is InChI=1S/C23H19Cl2N5.C20H19ClN6.C19H16Cl2N6.C18H17N7/c24-17-9-10-18(20(25)14-17)22-29-15-19(16-6-2-1-3-7-16)23(30-22)28-13-12-27-21-8-4-5-11-26-21;1-14-12-26-20(16-5-2-3-6-17(16)21)27-19(14)24-10-4-9-23-18-8-7-15(11-22)13-25-18;1-12-10-26-19(15-4-3-14(20)8-16(15)21)27-18(12)24-7-6-23-17-5-2-13(9-22)11-25-17;1-13-11-24-18(15-4-6-20-7-5-15)25-17(13)22-9-8-21-16-3-2-14(10-19)12-23-16/h1-11,14-15H,12-13H2,(H,26,27)(H,28,29,30);2-3,5-8,12-13H,4,9-10H2,1H3,(H,23,25)(H,24,26,27);2-5,8,10-11H,6-7H2,1H3,(H,23,25)(H,24,26,27);2-7,11-12H,8-9H2,1H3,(H,21,23)(H,22,24,25). The molecule has 0 amide bonds. The van der Waals surface area contributed by atoms with E-state index in [0.29, 0.717) is 110 Å². The van der Waals surface area contributed by atoms with Gasteiger partial charge in [-0.2, -0.15) is 15.8 Å². The number of hydrogen-bond acceptors (Lipinski definition) is 24. The lowest BCUT2D eigenvalue weighted by Crippen LogP contribution is -2.16. The van der Waals surface area contributed by atoms with Crippen LogP contribution in [0.4, 0.5) is 46.5 Å². The molecular weight excluding hydrogens is 1470 g/mol. The third-order valence-electron chi connectivity index (χ3n) is 15.7. The Labute approximate surface area is 656 Å². The molecule has 29 heteroatoms. The quantitative estimate of drug-likeness (QED) is 0.0233. The minimum absolute atomic E-state index is 0.505. The summed E-state index contributed by atoms with van der Waals surface area (Å²) in [5.74, 6) is 8.45. The predicted octanol–water partition coefficient (Wildman–Crippen LogP) is 17.5. The minimum atomic E-state index is 0.505. The van der Waals surface area contributed by atoms with Crippen LogP contribution in [0, 0.1) is 54.8 Å². The number of aryl methyl sites for hydroxylation is 3. The summed E-state index contributed by atoms with van der Waals surface area (Å²) in [6.07, 6.45) is 17.9. The average molecular weight is 1550 g/mol. The molecule has 9 heterocycles. The number of benzene rings is 4. The van der Waals surface area contributed by atoms with Crippen LogP contribution in [0.3, 0.4) is 0 Å². The van der Waals surface area contributed by atoms with Crippen molar-refractivity contribution in [3.63, 3.8) is 0 Å². The van der Waals surface area contributed by atoms with E-state index in [9.17, 15) is 0 Å². The van der Waals surface area contributed by atoms with Crippen LogP contribution in [-0.4, -0.2) is 117 Å². The zero-order valence-electron chi connectivity index (χ0n) is 59.2. The molecule has 0 fully saturated rings. The zero-order chi connectivity index (χ0) is 76.5. The average Bonchev–Trinajstić information content (AvgIpc) is 0.817. The Hall–Kier alpha value is -12.7. The highest BCUT2D eigenvalue weighted by atomic mass is 35.5. The molecule has 0 aliphatic rings. The number of nitrogens with zero attached hydrogens (tertiary/aromatic N) is 16. The fourth-order valence-corrected chi connectivity index (χ4v) is 11.2. The van der Waals surface area contributed by atoms with Crippen molar-refractivity contribution in [1.29, 1.82) is 15.8 Å². The fraction of sp³-hybridized carbons (Fsp3) is 0.150. The van der Waals surface area contributed by atoms with Gasteiger partial charge in [-0.3, -0.25) is 4.98 Å². The van der Waals surface area contributed by atoms with Crippen LogP contribution in [0.15, 0.2) is 220 Å². The lowest BCUT2D eigenvalue weighted by atomic mass is 10.1. The number of hydrogen-bond donors (Lipinski definition) is 8. The van der Waals surface area contributed by atoms with Gasteiger partial charge in [-0.05, 0) is 142 Å². The first-order valence-corrected chi connectivity index (χ1v) is 36.0. The first-order chi connectivity index (χ1) is 53.2. The molecule has 24 nitrogen and oxygen atoms in total. The first-order valence-electron chi connectivity index (χ1n) is 34.1. The van der Waals surface area contributed by atoms with Gasteiger partial charge in [-0.25, -0.2) is 59.8 Å². The van der Waals surface area contributed by atoms with Crippen LogP contribution in [0.1, 0.15) is 39.8 Å². The molecule has 8 N–H and O–H groups in total. The minimum Gasteiger partial charge on any atom is -0.370 e. The number of nitriles is 3. The van der Waals surface area contributed by atoms with Crippen molar-refractivity contribution >= 4 is 105 Å². The highest BCUT2D eigenvalue weighted by Gasteiger charge is 2.16. The molecule has 0 atom stereocenters. The number of pyridine rings is 5. The van der Waals surface area contributed by atoms with Gasteiger partial charge in [0.2, 0.25) is 0 Å². The molecular formula is C80H71Cl5N24. The van der Waals surface area contributed by atoms with Gasteiger partial charge >= 0.3 is 0 Å². The van der Waals surface area contributed by atoms with Crippen LogP contribution >= 0.6 is 58.0 Å². The summed E-state index contributed by atoms with van der Waals surface area (Å²) in [6.45, 7) is 11.3. The van der Waals surface area contributed by atoms with E-state index in [4.69, 9.17) is 78.8 Å². The van der Waals surface area contributed by atoms with Crippen molar-refractivity contribution < 1.29 is 0 Å². The number of anilines is 8. The monoisotopic (exact) mass is 1540 g/mol. The molecule has 546 valence electrons. The van der Waals surface area contributed by atoms with Crippen molar-refractivity contribution in [3.05, 3.63) is 278 Å². The van der Waals surface area contributed by atoms with Crippen LogP contribution < -0.4 is 42.5 Å². The van der Waals surface area contributed by atoms with E-state index in [1.807, 2.05) is 130 Å². The smallest absolute Gasteiger partial charge is 0.163 e. The normalized spacial score (nSPS) is 10.3. The third kappa shape index (κ3) is 24.1. The molecule has 13 aromatic rings. The second-order valence-corrected chi connectivity index (χ2v) is 25.7. The largest absolute Gasteiger partial charge is 0.370 e. The van der Waals surface area contributed by atoms with E-state index in [-0.39, 0.29) is 0 Å². The summed E-state index contributed by atoms with van der Waals surface area (Å²) < 4.78 is 0. The maximum Gasteiger partial charge on any atom is 0.163 e. The SMILES string of the molecule is Cc1cnc(-c2ccc(Cl)cc2Cl)nc1NCCNc1ccc(C#N)cn1.Cc1cnc(-c2ccccc2Cl)nc1NCCCNc1ccc(C#N)cn1.Cc1cnc(-c2ccncc2)nc1NCCNc1ccc(C#N)cn1.Clc1ccc(-c2ncc(-c3ccccc3)c(NCCNc3ccccn3)n2)c(Cl)c1. The molecule has 0 spiro atoms. The molecule has 4 aromatic carbocycles. The lowest BCUT2D eigenvalue weighted by Gasteiger charge is -2.14. The molecule has 109 heavy (non-hydrogen) atoms. The van der Waals surface area contributed by atoms with Crippen molar-refractivity contribution in [2.75, 3.05) is 94.9 Å². The molecule has 0 saturated carbocycles. The lowest BCUT2D eigenvalue weighted by molar-refractivity contribution is 0.895. The Morgan fingerprint density at radius 3 is 1.16 bits per heavy atom. The molecule has 9 aromatic heterocycles. The first kappa shape index (κ1) is 78.8. The number of nitrogens with one attached hydrogen (secondary N) is 8. The van der Waals surface area contributed by atoms with Gasteiger partial charge < -0.3 is 42.5 Å². The maximum absolute atomic E-state index is 8.78. The summed E-state index contributed by atoms with van der Waals surface area (Å²) in [5.41, 5.74) is 9.67. The van der Waals surface area contributed by atoms with Crippen LogP contribution in [0.25, 0.3) is 56.7 Å². The topological polar surface area (TPSA) is 335 Å². The Morgan fingerprint density at radius 1 is 0.303 bits per heavy atom. The Kier molecular flexibility index (Phi) is 29.8. The van der Waals surface area contributed by atoms with E-state index in [2.05, 4.69) is 108 Å². The van der Waals surface area contributed by atoms with E-state index < -0.39 is 0 Å². The number of aromatic nitrogens is 13. The van der Waals surface area contributed by atoms with Gasteiger partial charge in [0.1, 0.15) is 64.8 Å². The zero-order valence-corrected chi connectivity index (χ0v) is 63.0.